The van der Waals surface area contributed by atoms with Gasteiger partial charge < -0.3 is 10.2 Å². The molecule has 144 valence electrons. The van der Waals surface area contributed by atoms with Gasteiger partial charge >= 0.3 is 0 Å². The molecule has 1 atom stereocenters. The summed E-state index contributed by atoms with van der Waals surface area (Å²) in [6.07, 6.45) is 0.486. The maximum Gasteiger partial charge on any atom is 0.251 e. The fourth-order valence-corrected chi connectivity index (χ4v) is 2.89. The molecule has 0 saturated carbocycles. The van der Waals surface area contributed by atoms with Gasteiger partial charge in [0.05, 0.1) is 0 Å². The number of rotatable bonds is 7. The third-order valence-corrected chi connectivity index (χ3v) is 4.41. The lowest BCUT2D eigenvalue weighted by Gasteiger charge is -2.26. The highest BCUT2D eigenvalue weighted by atomic mass is 35.5. The van der Waals surface area contributed by atoms with Crippen molar-refractivity contribution in [2.24, 2.45) is 5.92 Å². The minimum absolute atomic E-state index is 0.136. The molecule has 0 radical (unpaired) electrons. The molecule has 0 aliphatic rings. The molecule has 2 rings (SSSR count). The Morgan fingerprint density at radius 1 is 1.11 bits per heavy atom. The average molecular weight is 391 g/mol. The van der Waals surface area contributed by atoms with Gasteiger partial charge in [0.2, 0.25) is 5.91 Å². The van der Waals surface area contributed by atoms with Crippen LogP contribution in [0.5, 0.6) is 0 Å². The Balaban J connectivity index is 2.11. The number of nitrogens with zero attached hydrogens (tertiary/aromatic N) is 1. The lowest BCUT2D eigenvalue weighted by molar-refractivity contribution is -0.132. The van der Waals surface area contributed by atoms with E-state index >= 15 is 0 Å². The van der Waals surface area contributed by atoms with Crippen LogP contribution in [0.3, 0.4) is 0 Å². The molecule has 0 aromatic heterocycles. The summed E-state index contributed by atoms with van der Waals surface area (Å²) in [6.45, 7) is 4.09. The second-order valence-corrected chi connectivity index (χ2v) is 7.38. The van der Waals surface area contributed by atoms with Crippen molar-refractivity contribution >= 4 is 23.4 Å². The third kappa shape index (κ3) is 6.07. The molecule has 2 aromatic carbocycles. The first-order valence-corrected chi connectivity index (χ1v) is 9.20. The summed E-state index contributed by atoms with van der Waals surface area (Å²) in [5.41, 5.74) is 0.860. The Morgan fingerprint density at radius 3 is 2.33 bits per heavy atom. The molecular formula is C21H24ClFN2O2. The topological polar surface area (TPSA) is 49.4 Å². The molecule has 4 nitrogen and oxygen atoms in total. The van der Waals surface area contributed by atoms with Gasteiger partial charge in [0.25, 0.3) is 5.91 Å². The van der Waals surface area contributed by atoms with Crippen molar-refractivity contribution in [3.8, 4) is 0 Å². The van der Waals surface area contributed by atoms with E-state index in [0.29, 0.717) is 22.6 Å². The van der Waals surface area contributed by atoms with Gasteiger partial charge in [0, 0.05) is 29.7 Å². The van der Waals surface area contributed by atoms with E-state index in [0.717, 1.165) is 0 Å². The van der Waals surface area contributed by atoms with E-state index in [4.69, 9.17) is 11.6 Å². The molecule has 2 aromatic rings. The Morgan fingerprint density at radius 2 is 1.74 bits per heavy atom. The third-order valence-electron chi connectivity index (χ3n) is 4.16. The van der Waals surface area contributed by atoms with Crippen molar-refractivity contribution in [3.63, 3.8) is 0 Å². The SMILES string of the molecule is CC(C)CC(NC(=O)c1ccc(Cl)cc1)C(=O)N(C)Cc1ccccc1F. The molecule has 0 aliphatic heterocycles. The summed E-state index contributed by atoms with van der Waals surface area (Å²) in [4.78, 5) is 26.8. The number of hydrogen-bond acceptors (Lipinski definition) is 2. The van der Waals surface area contributed by atoms with Gasteiger partial charge in [-0.1, -0.05) is 43.6 Å². The van der Waals surface area contributed by atoms with Gasteiger partial charge in [0.1, 0.15) is 11.9 Å². The van der Waals surface area contributed by atoms with E-state index in [1.165, 1.54) is 11.0 Å². The fourth-order valence-electron chi connectivity index (χ4n) is 2.76. The van der Waals surface area contributed by atoms with E-state index in [2.05, 4.69) is 5.32 Å². The van der Waals surface area contributed by atoms with E-state index in [-0.39, 0.29) is 30.1 Å². The largest absolute Gasteiger partial charge is 0.340 e. The van der Waals surface area contributed by atoms with Crippen LogP contribution in [0.25, 0.3) is 0 Å². The van der Waals surface area contributed by atoms with Crippen LogP contribution in [-0.4, -0.2) is 29.8 Å². The molecule has 2 amide bonds. The predicted octanol–water partition coefficient (Wildman–Crippen LogP) is 4.28. The lowest BCUT2D eigenvalue weighted by atomic mass is 10.0. The predicted molar refractivity (Wildman–Crippen MR) is 105 cm³/mol. The van der Waals surface area contributed by atoms with Crippen LogP contribution in [0.15, 0.2) is 48.5 Å². The average Bonchev–Trinajstić information content (AvgIpc) is 2.62. The highest BCUT2D eigenvalue weighted by molar-refractivity contribution is 6.30. The zero-order valence-corrected chi connectivity index (χ0v) is 16.5. The van der Waals surface area contributed by atoms with E-state index in [1.807, 2.05) is 13.8 Å². The quantitative estimate of drug-likeness (QED) is 0.767. The van der Waals surface area contributed by atoms with Gasteiger partial charge in [-0.3, -0.25) is 9.59 Å². The van der Waals surface area contributed by atoms with Gasteiger partial charge in [-0.2, -0.15) is 0 Å². The minimum atomic E-state index is -0.690. The second-order valence-electron chi connectivity index (χ2n) is 6.95. The summed E-state index contributed by atoms with van der Waals surface area (Å²) < 4.78 is 13.9. The van der Waals surface area contributed by atoms with Gasteiger partial charge in [-0.15, -0.1) is 0 Å². The molecule has 27 heavy (non-hydrogen) atoms. The van der Waals surface area contributed by atoms with Crippen molar-refractivity contribution < 1.29 is 14.0 Å². The summed E-state index contributed by atoms with van der Waals surface area (Å²) in [7, 11) is 1.61. The maximum absolute atomic E-state index is 13.9. The summed E-state index contributed by atoms with van der Waals surface area (Å²) in [5, 5.41) is 3.33. The number of carbonyl (C=O) groups excluding carboxylic acids is 2. The number of carbonyl (C=O) groups is 2. The number of benzene rings is 2. The molecule has 1 N–H and O–H groups in total. The summed E-state index contributed by atoms with van der Waals surface area (Å²) in [6, 6.07) is 12.1. The van der Waals surface area contributed by atoms with E-state index in [9.17, 15) is 14.0 Å². The number of hydrogen-bond donors (Lipinski definition) is 1. The Bertz CT molecular complexity index is 793. The molecule has 0 aliphatic carbocycles. The van der Waals surface area contributed by atoms with Crippen LogP contribution in [0.1, 0.15) is 36.2 Å². The first-order chi connectivity index (χ1) is 12.8. The lowest BCUT2D eigenvalue weighted by Crippen LogP contribution is -2.47. The number of halogens is 2. The summed E-state index contributed by atoms with van der Waals surface area (Å²) >= 11 is 5.85. The van der Waals surface area contributed by atoms with Gasteiger partial charge in [-0.05, 0) is 42.7 Å². The van der Waals surface area contributed by atoms with Crippen LogP contribution in [0, 0.1) is 11.7 Å². The molecule has 0 bridgehead atoms. The van der Waals surface area contributed by atoms with Crippen LogP contribution in [-0.2, 0) is 11.3 Å². The smallest absolute Gasteiger partial charge is 0.251 e. The molecule has 0 saturated heterocycles. The van der Waals surface area contributed by atoms with Crippen LogP contribution < -0.4 is 5.32 Å². The Hall–Kier alpha value is -2.40. The first kappa shape index (κ1) is 20.9. The molecular weight excluding hydrogens is 367 g/mol. The first-order valence-electron chi connectivity index (χ1n) is 8.82. The van der Waals surface area contributed by atoms with Crippen molar-refractivity contribution in [2.75, 3.05) is 7.05 Å². The molecule has 6 heteroatoms. The monoisotopic (exact) mass is 390 g/mol. The molecule has 1 unspecified atom stereocenters. The van der Waals surface area contributed by atoms with Crippen LogP contribution in [0.4, 0.5) is 4.39 Å². The van der Waals surface area contributed by atoms with E-state index < -0.39 is 6.04 Å². The van der Waals surface area contributed by atoms with Crippen LogP contribution in [0.2, 0.25) is 5.02 Å². The normalized spacial score (nSPS) is 11.9. The molecule has 0 spiro atoms. The zero-order chi connectivity index (χ0) is 20.0. The van der Waals surface area contributed by atoms with Crippen molar-refractivity contribution in [1.82, 2.24) is 10.2 Å². The fraction of sp³-hybridized carbons (Fsp3) is 0.333. The standard InChI is InChI=1S/C21H24ClFN2O2/c1-14(2)12-19(24-20(26)15-8-10-17(22)11-9-15)21(27)25(3)13-16-6-4-5-7-18(16)23/h4-11,14,19H,12-13H2,1-3H3,(H,24,26). The number of likely N-dealkylation sites (N-methyl/N-ethyl adjacent to an activating group) is 1. The van der Waals surface area contributed by atoms with Crippen molar-refractivity contribution in [1.29, 1.82) is 0 Å². The Kier molecular flexibility index (Phi) is 7.36. The van der Waals surface area contributed by atoms with Gasteiger partial charge in [0.15, 0.2) is 0 Å². The highest BCUT2D eigenvalue weighted by Gasteiger charge is 2.25. The minimum Gasteiger partial charge on any atom is -0.340 e. The van der Waals surface area contributed by atoms with Crippen molar-refractivity contribution in [3.05, 3.63) is 70.5 Å². The number of amides is 2. The molecule has 0 heterocycles. The summed E-state index contributed by atoms with van der Waals surface area (Å²) in [5.74, 6) is -0.756. The maximum atomic E-state index is 13.9. The Labute approximate surface area is 164 Å². The second kappa shape index (κ2) is 9.51. The number of nitrogens with one attached hydrogen (secondary N) is 1. The van der Waals surface area contributed by atoms with E-state index in [1.54, 1.807) is 49.5 Å². The van der Waals surface area contributed by atoms with Gasteiger partial charge in [-0.25, -0.2) is 4.39 Å². The van der Waals surface area contributed by atoms with Crippen molar-refractivity contribution in [2.45, 2.75) is 32.9 Å². The zero-order valence-electron chi connectivity index (χ0n) is 15.7. The van der Waals surface area contributed by atoms with Crippen LogP contribution >= 0.6 is 11.6 Å². The molecule has 0 fully saturated rings. The highest BCUT2D eigenvalue weighted by Crippen LogP contribution is 2.14.